The normalized spacial score (nSPS) is 15.1. The van der Waals surface area contributed by atoms with Gasteiger partial charge >= 0.3 is 0 Å². The quantitative estimate of drug-likeness (QED) is 0.614. The molecule has 0 aromatic heterocycles. The number of Topliss-reactive ketones (excluding diaryl/α,β-unsaturated/α-hetero) is 1. The second kappa shape index (κ2) is 9.14. The number of halogens is 2. The summed E-state index contributed by atoms with van der Waals surface area (Å²) in [5, 5.41) is 0.271. The lowest BCUT2D eigenvalue weighted by molar-refractivity contribution is -0.116. The average Bonchev–Trinajstić information content (AvgIpc) is 2.72. The van der Waals surface area contributed by atoms with Crippen LogP contribution < -0.4 is 0 Å². The molecule has 30 heavy (non-hydrogen) atoms. The summed E-state index contributed by atoms with van der Waals surface area (Å²) < 4.78 is 39.0. The highest BCUT2D eigenvalue weighted by Crippen LogP contribution is 2.33. The molecule has 158 valence electrons. The number of benzene rings is 2. The zero-order chi connectivity index (χ0) is 21.9. The fraction of sp³-hybridized carbons (Fsp3) is 0.261. The van der Waals surface area contributed by atoms with Crippen LogP contribution in [0.2, 0.25) is 5.02 Å². The van der Waals surface area contributed by atoms with Crippen LogP contribution in [0.5, 0.6) is 0 Å². The molecule has 0 bridgehead atoms. The molecule has 0 amide bonds. The topological polar surface area (TPSA) is 54.5 Å². The van der Waals surface area contributed by atoms with Crippen LogP contribution in [0.3, 0.4) is 0 Å². The number of allylic oxidation sites excluding steroid dienone is 2. The Morgan fingerprint density at radius 1 is 1.20 bits per heavy atom. The average molecular weight is 448 g/mol. The minimum absolute atomic E-state index is 0.00470. The molecule has 0 radical (unpaired) electrons. The van der Waals surface area contributed by atoms with Crippen molar-refractivity contribution in [1.29, 1.82) is 0 Å². The number of hydrogen-bond acceptors (Lipinski definition) is 4. The molecule has 4 nitrogen and oxygen atoms in total. The van der Waals surface area contributed by atoms with Crippen molar-refractivity contribution in [3.63, 3.8) is 0 Å². The van der Waals surface area contributed by atoms with E-state index in [2.05, 4.69) is 0 Å². The Balaban J connectivity index is 1.99. The van der Waals surface area contributed by atoms with Gasteiger partial charge in [-0.25, -0.2) is 12.8 Å². The third-order valence-corrected chi connectivity index (χ3v) is 7.15. The lowest BCUT2D eigenvalue weighted by atomic mass is 9.85. The first kappa shape index (κ1) is 22.2. The van der Waals surface area contributed by atoms with Gasteiger partial charge in [0.1, 0.15) is 5.82 Å². The first-order chi connectivity index (χ1) is 14.2. The standard InChI is InChI=1S/C23H23ClFNO3S/c1-3-30(28,29)19-9-6-16(7-10-19)21(20-11-8-18(24)13-22(20)25)14-23(27)17-5-4-12-26(2)15-17/h4-13,21H,3,14-15H2,1-2H3. The highest BCUT2D eigenvalue weighted by molar-refractivity contribution is 7.91. The van der Waals surface area contributed by atoms with Crippen LogP contribution in [0.15, 0.2) is 71.3 Å². The Hall–Kier alpha value is -2.44. The van der Waals surface area contributed by atoms with Gasteiger partial charge in [0.05, 0.1) is 10.6 Å². The monoisotopic (exact) mass is 447 g/mol. The number of carbonyl (C=O) groups is 1. The third kappa shape index (κ3) is 4.99. The van der Waals surface area contributed by atoms with Crippen molar-refractivity contribution in [3.05, 3.63) is 88.4 Å². The van der Waals surface area contributed by atoms with Crippen LogP contribution in [-0.2, 0) is 14.6 Å². The lowest BCUT2D eigenvalue weighted by Gasteiger charge is -2.22. The van der Waals surface area contributed by atoms with Gasteiger partial charge in [-0.05, 0) is 47.7 Å². The van der Waals surface area contributed by atoms with E-state index >= 15 is 0 Å². The molecule has 1 heterocycles. The fourth-order valence-electron chi connectivity index (χ4n) is 3.44. The second-order valence-corrected chi connectivity index (χ2v) is 9.98. The van der Waals surface area contributed by atoms with Crippen LogP contribution in [-0.4, -0.2) is 38.4 Å². The van der Waals surface area contributed by atoms with Crippen molar-refractivity contribution in [3.8, 4) is 0 Å². The van der Waals surface area contributed by atoms with Crippen LogP contribution in [0.1, 0.15) is 30.4 Å². The van der Waals surface area contributed by atoms with E-state index in [0.29, 0.717) is 23.2 Å². The van der Waals surface area contributed by atoms with Crippen molar-refractivity contribution in [2.75, 3.05) is 19.3 Å². The zero-order valence-electron chi connectivity index (χ0n) is 16.8. The molecule has 1 aliphatic rings. The van der Waals surface area contributed by atoms with Gasteiger partial charge in [0.25, 0.3) is 0 Å². The smallest absolute Gasteiger partial charge is 0.178 e. The summed E-state index contributed by atoms with van der Waals surface area (Å²) in [5.41, 5.74) is 1.66. The maximum atomic E-state index is 14.7. The van der Waals surface area contributed by atoms with Crippen LogP contribution >= 0.6 is 11.6 Å². The largest absolute Gasteiger partial charge is 0.376 e. The van der Waals surface area contributed by atoms with E-state index in [4.69, 9.17) is 11.6 Å². The van der Waals surface area contributed by atoms with Crippen LogP contribution in [0.25, 0.3) is 0 Å². The Morgan fingerprint density at radius 3 is 2.50 bits per heavy atom. The molecule has 0 N–H and O–H groups in total. The van der Waals surface area contributed by atoms with Gasteiger partial charge in [0.15, 0.2) is 15.6 Å². The Kier molecular flexibility index (Phi) is 6.78. The molecule has 7 heteroatoms. The molecular weight excluding hydrogens is 425 g/mol. The first-order valence-electron chi connectivity index (χ1n) is 9.59. The van der Waals surface area contributed by atoms with Crippen molar-refractivity contribution >= 4 is 27.2 Å². The summed E-state index contributed by atoms with van der Waals surface area (Å²) in [6.07, 6.45) is 5.51. The predicted molar refractivity (Wildman–Crippen MR) is 117 cm³/mol. The van der Waals surface area contributed by atoms with Crippen molar-refractivity contribution in [2.24, 2.45) is 0 Å². The number of likely N-dealkylation sites (N-methyl/N-ethyl adjacent to an activating group) is 1. The molecule has 2 aromatic rings. The number of sulfone groups is 1. The molecule has 1 unspecified atom stereocenters. The molecule has 0 saturated carbocycles. The Bertz CT molecular complexity index is 1110. The maximum Gasteiger partial charge on any atom is 0.178 e. The van der Waals surface area contributed by atoms with Crippen LogP contribution in [0.4, 0.5) is 4.39 Å². The first-order valence-corrected chi connectivity index (χ1v) is 11.6. The van der Waals surface area contributed by atoms with E-state index < -0.39 is 21.6 Å². The van der Waals surface area contributed by atoms with E-state index in [1.54, 1.807) is 43.3 Å². The van der Waals surface area contributed by atoms with Gasteiger partial charge in [0.2, 0.25) is 0 Å². The summed E-state index contributed by atoms with van der Waals surface area (Å²) in [4.78, 5) is 15.1. The van der Waals surface area contributed by atoms with E-state index in [-0.39, 0.29) is 27.9 Å². The fourth-order valence-corrected chi connectivity index (χ4v) is 4.49. The summed E-state index contributed by atoms with van der Waals surface area (Å²) in [5.74, 6) is -1.16. The highest BCUT2D eigenvalue weighted by Gasteiger charge is 2.24. The lowest BCUT2D eigenvalue weighted by Crippen LogP contribution is -2.23. The van der Waals surface area contributed by atoms with Crippen molar-refractivity contribution < 1.29 is 17.6 Å². The number of hydrogen-bond donors (Lipinski definition) is 0. The molecule has 0 aliphatic carbocycles. The third-order valence-electron chi connectivity index (χ3n) is 5.16. The molecule has 0 saturated heterocycles. The number of ketones is 1. The van der Waals surface area contributed by atoms with Gasteiger partial charge < -0.3 is 4.90 Å². The molecular formula is C23H23ClFNO3S. The Labute approximate surface area is 181 Å². The van der Waals surface area contributed by atoms with Gasteiger partial charge in [-0.3, -0.25) is 4.79 Å². The number of nitrogens with zero attached hydrogens (tertiary/aromatic N) is 1. The molecule has 2 aromatic carbocycles. The van der Waals surface area contributed by atoms with Gasteiger partial charge in [-0.15, -0.1) is 0 Å². The van der Waals surface area contributed by atoms with Gasteiger partial charge in [0, 0.05) is 36.5 Å². The Morgan fingerprint density at radius 2 is 1.90 bits per heavy atom. The summed E-state index contributed by atoms with van der Waals surface area (Å²) in [6.45, 7) is 2.07. The summed E-state index contributed by atoms with van der Waals surface area (Å²) in [6, 6.07) is 10.7. The molecule has 1 aliphatic heterocycles. The van der Waals surface area contributed by atoms with E-state index in [1.165, 1.54) is 18.2 Å². The maximum absolute atomic E-state index is 14.7. The second-order valence-electron chi connectivity index (χ2n) is 7.27. The predicted octanol–water partition coefficient (Wildman–Crippen LogP) is 4.75. The SMILES string of the molecule is CCS(=O)(=O)c1ccc(C(CC(=O)C2=CC=CN(C)C2)c2ccc(Cl)cc2F)cc1. The zero-order valence-corrected chi connectivity index (χ0v) is 18.4. The number of carbonyl (C=O) groups excluding carboxylic acids is 1. The van der Waals surface area contributed by atoms with Gasteiger partial charge in [-0.1, -0.05) is 42.8 Å². The van der Waals surface area contributed by atoms with Crippen molar-refractivity contribution in [2.45, 2.75) is 24.2 Å². The molecule has 3 rings (SSSR count). The molecule has 0 spiro atoms. The molecule has 0 fully saturated rings. The minimum atomic E-state index is -3.35. The number of rotatable bonds is 7. The van der Waals surface area contributed by atoms with E-state index in [1.807, 2.05) is 18.1 Å². The summed E-state index contributed by atoms with van der Waals surface area (Å²) >= 11 is 5.90. The minimum Gasteiger partial charge on any atom is -0.376 e. The molecule has 1 atom stereocenters. The van der Waals surface area contributed by atoms with E-state index in [0.717, 1.165) is 0 Å². The van der Waals surface area contributed by atoms with Crippen LogP contribution in [0, 0.1) is 5.82 Å². The summed E-state index contributed by atoms with van der Waals surface area (Å²) in [7, 11) is -1.47. The highest BCUT2D eigenvalue weighted by atomic mass is 35.5. The van der Waals surface area contributed by atoms with E-state index in [9.17, 15) is 17.6 Å². The van der Waals surface area contributed by atoms with Gasteiger partial charge in [-0.2, -0.15) is 0 Å². The van der Waals surface area contributed by atoms with Crippen molar-refractivity contribution in [1.82, 2.24) is 4.90 Å².